The van der Waals surface area contributed by atoms with E-state index in [1.165, 1.54) is 32.1 Å². The first kappa shape index (κ1) is 17.9. The summed E-state index contributed by atoms with van der Waals surface area (Å²) in [5.41, 5.74) is 0. The van der Waals surface area contributed by atoms with Crippen LogP contribution in [0.2, 0.25) is 0 Å². The Bertz CT molecular complexity index is 354. The summed E-state index contributed by atoms with van der Waals surface area (Å²) >= 11 is 0. The van der Waals surface area contributed by atoms with Crippen molar-refractivity contribution >= 4 is 12.1 Å². The van der Waals surface area contributed by atoms with Gasteiger partial charge in [0.25, 0.3) is 0 Å². The fourth-order valence-corrected chi connectivity index (χ4v) is 3.10. The summed E-state index contributed by atoms with van der Waals surface area (Å²) in [7, 11) is 0. The molecule has 1 amide bonds. The van der Waals surface area contributed by atoms with Gasteiger partial charge in [-0.25, -0.2) is 4.99 Å². The molecule has 120 valence electrons. The standard InChI is InChI=1S/C17H31N3O/c1-4-6-7-8-9-10-11-17-19-13-15-20(17,5-2)14-12-18-16(3)21/h4,13,17H,1,5-12,14-15H2,2-3H3/p+1. The third-order valence-electron chi connectivity index (χ3n) is 4.54. The lowest BCUT2D eigenvalue weighted by Crippen LogP contribution is -2.55. The van der Waals surface area contributed by atoms with Crippen molar-refractivity contribution in [2.24, 2.45) is 4.99 Å². The van der Waals surface area contributed by atoms with Gasteiger partial charge in [-0.05, 0) is 26.2 Å². The van der Waals surface area contributed by atoms with E-state index in [1.807, 2.05) is 6.08 Å². The van der Waals surface area contributed by atoms with Crippen LogP contribution in [-0.2, 0) is 4.79 Å². The number of quaternary nitrogens is 1. The average Bonchev–Trinajstić information content (AvgIpc) is 2.86. The topological polar surface area (TPSA) is 41.5 Å². The van der Waals surface area contributed by atoms with Gasteiger partial charge >= 0.3 is 0 Å². The first-order valence-corrected chi connectivity index (χ1v) is 8.37. The molecule has 2 unspecified atom stereocenters. The Kier molecular flexibility index (Phi) is 8.28. The van der Waals surface area contributed by atoms with Gasteiger partial charge < -0.3 is 5.32 Å². The number of nitrogens with zero attached hydrogens (tertiary/aromatic N) is 2. The van der Waals surface area contributed by atoms with Crippen molar-refractivity contribution in [3.8, 4) is 0 Å². The minimum atomic E-state index is 0.0585. The maximum atomic E-state index is 11.0. The van der Waals surface area contributed by atoms with Crippen molar-refractivity contribution in [3.63, 3.8) is 0 Å². The average molecular weight is 294 g/mol. The number of rotatable bonds is 11. The lowest BCUT2D eigenvalue weighted by atomic mass is 10.1. The predicted molar refractivity (Wildman–Crippen MR) is 89.4 cm³/mol. The van der Waals surface area contributed by atoms with Crippen LogP contribution >= 0.6 is 0 Å². The van der Waals surface area contributed by atoms with Gasteiger partial charge in [-0.15, -0.1) is 6.58 Å². The Labute approximate surface area is 129 Å². The van der Waals surface area contributed by atoms with Crippen LogP contribution in [0.15, 0.2) is 17.6 Å². The molecular weight excluding hydrogens is 262 g/mol. The highest BCUT2D eigenvalue weighted by molar-refractivity contribution is 5.72. The molecule has 0 aromatic rings. The molecule has 1 heterocycles. The van der Waals surface area contributed by atoms with E-state index in [2.05, 4.69) is 25.0 Å². The molecule has 0 bridgehead atoms. The Morgan fingerprint density at radius 3 is 2.86 bits per heavy atom. The second-order valence-electron chi connectivity index (χ2n) is 6.02. The van der Waals surface area contributed by atoms with Crippen molar-refractivity contribution in [2.45, 2.75) is 58.5 Å². The molecule has 0 fully saturated rings. The molecule has 0 saturated heterocycles. The largest absolute Gasteiger partial charge is 0.351 e. The lowest BCUT2D eigenvalue weighted by molar-refractivity contribution is -0.935. The number of nitrogens with one attached hydrogen (secondary N) is 1. The van der Waals surface area contributed by atoms with Gasteiger partial charge in [-0.2, -0.15) is 0 Å². The van der Waals surface area contributed by atoms with Gasteiger partial charge in [0.05, 0.1) is 25.8 Å². The van der Waals surface area contributed by atoms with E-state index in [9.17, 15) is 4.79 Å². The van der Waals surface area contributed by atoms with E-state index in [1.54, 1.807) is 6.92 Å². The van der Waals surface area contributed by atoms with Gasteiger partial charge in [0, 0.05) is 13.3 Å². The maximum Gasteiger partial charge on any atom is 0.217 e. The summed E-state index contributed by atoms with van der Waals surface area (Å²) < 4.78 is 1.01. The summed E-state index contributed by atoms with van der Waals surface area (Å²) in [5, 5.41) is 2.92. The van der Waals surface area contributed by atoms with Crippen LogP contribution in [0.3, 0.4) is 0 Å². The minimum absolute atomic E-state index is 0.0585. The van der Waals surface area contributed by atoms with Crippen LogP contribution in [0.4, 0.5) is 0 Å². The number of allylic oxidation sites excluding steroid dienone is 1. The molecule has 0 spiro atoms. The van der Waals surface area contributed by atoms with Crippen molar-refractivity contribution in [2.75, 3.05) is 26.2 Å². The van der Waals surface area contributed by atoms with Gasteiger partial charge in [0.1, 0.15) is 6.54 Å². The summed E-state index contributed by atoms with van der Waals surface area (Å²) in [6, 6.07) is 0. The minimum Gasteiger partial charge on any atom is -0.351 e. The number of hydrogen-bond acceptors (Lipinski definition) is 2. The number of aliphatic imine (C=N–C) groups is 1. The molecule has 1 rings (SSSR count). The first-order valence-electron chi connectivity index (χ1n) is 8.37. The van der Waals surface area contributed by atoms with E-state index < -0.39 is 0 Å². The van der Waals surface area contributed by atoms with E-state index in [4.69, 9.17) is 4.99 Å². The van der Waals surface area contributed by atoms with E-state index >= 15 is 0 Å². The summed E-state index contributed by atoms with van der Waals surface area (Å²) in [6.07, 6.45) is 11.9. The van der Waals surface area contributed by atoms with Crippen LogP contribution < -0.4 is 5.32 Å². The SMILES string of the molecule is C=CCCCCCCC1N=CC[N+]1(CC)CCNC(C)=O. The smallest absolute Gasteiger partial charge is 0.217 e. The van der Waals surface area contributed by atoms with Crippen molar-refractivity contribution in [1.82, 2.24) is 5.32 Å². The number of carbonyl (C=O) groups excluding carboxylic acids is 1. The van der Waals surface area contributed by atoms with Crippen molar-refractivity contribution in [3.05, 3.63) is 12.7 Å². The molecule has 0 aromatic heterocycles. The van der Waals surface area contributed by atoms with E-state index in [0.29, 0.717) is 6.17 Å². The number of carbonyl (C=O) groups is 1. The second kappa shape index (κ2) is 9.72. The second-order valence-corrected chi connectivity index (χ2v) is 6.02. The fourth-order valence-electron chi connectivity index (χ4n) is 3.10. The fraction of sp³-hybridized carbons (Fsp3) is 0.765. The molecule has 0 aromatic carbocycles. The molecule has 21 heavy (non-hydrogen) atoms. The summed E-state index contributed by atoms with van der Waals surface area (Å²) in [6.45, 7) is 11.4. The zero-order valence-corrected chi connectivity index (χ0v) is 13.8. The molecule has 1 N–H and O–H groups in total. The van der Waals surface area contributed by atoms with Crippen LogP contribution in [0.1, 0.15) is 52.4 Å². The predicted octanol–water partition coefficient (Wildman–Crippen LogP) is 2.90. The monoisotopic (exact) mass is 294 g/mol. The van der Waals surface area contributed by atoms with Gasteiger partial charge in [-0.1, -0.05) is 18.9 Å². The summed E-state index contributed by atoms with van der Waals surface area (Å²) in [5.74, 6) is 0.0585. The Hall–Kier alpha value is -1.16. The lowest BCUT2D eigenvalue weighted by Gasteiger charge is -2.38. The number of amides is 1. The van der Waals surface area contributed by atoms with Gasteiger partial charge in [0.2, 0.25) is 5.91 Å². The highest BCUT2D eigenvalue weighted by Crippen LogP contribution is 2.23. The Balaban J connectivity index is 2.34. The third-order valence-corrected chi connectivity index (χ3v) is 4.54. The van der Waals surface area contributed by atoms with E-state index in [-0.39, 0.29) is 5.91 Å². The van der Waals surface area contributed by atoms with Crippen LogP contribution in [0.5, 0.6) is 0 Å². The molecule has 1 aliphatic heterocycles. The normalized spacial score (nSPS) is 24.2. The van der Waals surface area contributed by atoms with Crippen LogP contribution in [0.25, 0.3) is 0 Å². The molecule has 4 heteroatoms. The zero-order valence-electron chi connectivity index (χ0n) is 13.8. The van der Waals surface area contributed by atoms with Crippen molar-refractivity contribution < 1.29 is 9.28 Å². The quantitative estimate of drug-likeness (QED) is 0.355. The molecule has 1 aliphatic rings. The Morgan fingerprint density at radius 1 is 1.43 bits per heavy atom. The molecule has 0 radical (unpaired) electrons. The molecular formula is C17H32N3O+. The molecule has 4 nitrogen and oxygen atoms in total. The van der Waals surface area contributed by atoms with Crippen LogP contribution in [0, 0.1) is 0 Å². The van der Waals surface area contributed by atoms with Crippen molar-refractivity contribution in [1.29, 1.82) is 0 Å². The zero-order chi connectivity index (χ0) is 15.6. The van der Waals surface area contributed by atoms with E-state index in [0.717, 1.165) is 37.1 Å². The Morgan fingerprint density at radius 2 is 2.19 bits per heavy atom. The number of likely N-dealkylation sites (N-methyl/N-ethyl adjacent to an activating group) is 1. The first-order chi connectivity index (χ1) is 10.1. The number of hydrogen-bond donors (Lipinski definition) is 1. The third kappa shape index (κ3) is 6.00. The molecule has 2 atom stereocenters. The molecule has 0 aliphatic carbocycles. The molecule has 0 saturated carbocycles. The van der Waals surface area contributed by atoms with Crippen LogP contribution in [-0.4, -0.2) is 48.9 Å². The van der Waals surface area contributed by atoms with Gasteiger partial charge in [-0.3, -0.25) is 9.28 Å². The highest BCUT2D eigenvalue weighted by Gasteiger charge is 2.37. The van der Waals surface area contributed by atoms with Gasteiger partial charge in [0.15, 0.2) is 6.17 Å². The number of unbranched alkanes of at least 4 members (excludes halogenated alkanes) is 4. The summed E-state index contributed by atoms with van der Waals surface area (Å²) in [4.78, 5) is 15.7. The highest BCUT2D eigenvalue weighted by atomic mass is 16.1. The maximum absolute atomic E-state index is 11.0.